The van der Waals surface area contributed by atoms with Gasteiger partial charge in [-0.1, -0.05) is 0 Å². The minimum atomic E-state index is -0.602. The zero-order chi connectivity index (χ0) is 10.9. The summed E-state index contributed by atoms with van der Waals surface area (Å²) in [6.45, 7) is 2.44. The lowest BCUT2D eigenvalue weighted by Crippen LogP contribution is -2.51. The molecule has 2 rings (SSSR count). The maximum atomic E-state index is 11.9. The van der Waals surface area contributed by atoms with E-state index in [1.54, 1.807) is 11.8 Å². The molecule has 1 atom stereocenters. The van der Waals surface area contributed by atoms with Gasteiger partial charge < -0.3 is 10.4 Å². The average Bonchev–Trinajstić information content (AvgIpc) is 2.60. The number of hydrogen-bond donors (Lipinski definition) is 2. The van der Waals surface area contributed by atoms with Gasteiger partial charge in [0.25, 0.3) is 0 Å². The third-order valence-corrected chi connectivity index (χ3v) is 5.08. The van der Waals surface area contributed by atoms with Crippen molar-refractivity contribution in [2.45, 2.75) is 49.4 Å². The molecule has 1 saturated heterocycles. The van der Waals surface area contributed by atoms with Crippen molar-refractivity contribution < 1.29 is 9.90 Å². The summed E-state index contributed by atoms with van der Waals surface area (Å²) in [5.41, 5.74) is -0.602. The summed E-state index contributed by atoms with van der Waals surface area (Å²) in [7, 11) is 0. The van der Waals surface area contributed by atoms with Crippen LogP contribution in [0.3, 0.4) is 0 Å². The van der Waals surface area contributed by atoms with Crippen molar-refractivity contribution in [1.29, 1.82) is 0 Å². The second kappa shape index (κ2) is 3.98. The Morgan fingerprint density at radius 3 is 2.60 bits per heavy atom. The lowest BCUT2D eigenvalue weighted by molar-refractivity contribution is -0.125. The molecule has 1 aliphatic heterocycles. The molecular formula is C11H19NO2S. The van der Waals surface area contributed by atoms with Crippen LogP contribution in [-0.2, 0) is 4.79 Å². The fourth-order valence-electron chi connectivity index (χ4n) is 2.15. The van der Waals surface area contributed by atoms with Gasteiger partial charge in [-0.2, -0.15) is 0 Å². The first-order valence-electron chi connectivity index (χ1n) is 5.69. The monoisotopic (exact) mass is 229 g/mol. The van der Waals surface area contributed by atoms with Crippen LogP contribution < -0.4 is 5.32 Å². The molecule has 0 spiro atoms. The van der Waals surface area contributed by atoms with Gasteiger partial charge in [0.05, 0.1) is 10.3 Å². The van der Waals surface area contributed by atoms with E-state index >= 15 is 0 Å². The van der Waals surface area contributed by atoms with E-state index < -0.39 is 5.60 Å². The van der Waals surface area contributed by atoms with Crippen LogP contribution in [0.5, 0.6) is 0 Å². The molecule has 4 heteroatoms. The fourth-order valence-corrected chi connectivity index (χ4v) is 3.38. The summed E-state index contributed by atoms with van der Waals surface area (Å²) in [5.74, 6) is 1.18. The Kier molecular flexibility index (Phi) is 2.99. The Bertz CT molecular complexity index is 257. The van der Waals surface area contributed by atoms with E-state index in [2.05, 4.69) is 5.32 Å². The highest BCUT2D eigenvalue weighted by Gasteiger charge is 2.40. The molecule has 0 radical (unpaired) electrons. The topological polar surface area (TPSA) is 49.3 Å². The summed E-state index contributed by atoms with van der Waals surface area (Å²) >= 11 is 1.74. The highest BCUT2D eigenvalue weighted by atomic mass is 32.2. The van der Waals surface area contributed by atoms with E-state index in [9.17, 15) is 9.90 Å². The number of thioether (sulfide) groups is 1. The molecule has 1 heterocycles. The van der Waals surface area contributed by atoms with Crippen LogP contribution in [0, 0.1) is 0 Å². The van der Waals surface area contributed by atoms with Crippen molar-refractivity contribution in [3.63, 3.8) is 0 Å². The standard InChI is InChI=1S/C11H19NO2S/c1-10(4-3-7-15-10)9(13)12-8-11(14)5-2-6-11/h14H,2-8H2,1H3,(H,12,13). The number of aliphatic hydroxyl groups is 1. The third-order valence-electron chi connectivity index (χ3n) is 3.56. The van der Waals surface area contributed by atoms with Gasteiger partial charge in [-0.05, 0) is 44.8 Å². The van der Waals surface area contributed by atoms with Crippen molar-refractivity contribution in [3.8, 4) is 0 Å². The van der Waals surface area contributed by atoms with Gasteiger partial charge in [0.15, 0.2) is 0 Å². The quantitative estimate of drug-likeness (QED) is 0.767. The second-order valence-electron chi connectivity index (χ2n) is 4.94. The summed E-state index contributed by atoms with van der Waals surface area (Å²) in [6.07, 6.45) is 4.83. The molecule has 86 valence electrons. The Morgan fingerprint density at radius 1 is 1.40 bits per heavy atom. The Balaban J connectivity index is 1.81. The molecule has 2 fully saturated rings. The first-order chi connectivity index (χ1) is 7.04. The number of carbonyl (C=O) groups is 1. The van der Waals surface area contributed by atoms with Crippen molar-refractivity contribution >= 4 is 17.7 Å². The normalized spacial score (nSPS) is 33.5. The van der Waals surface area contributed by atoms with Crippen LogP contribution in [0.1, 0.15) is 39.0 Å². The van der Waals surface area contributed by atoms with Crippen LogP contribution in [0.25, 0.3) is 0 Å². The summed E-state index contributed by atoms with van der Waals surface area (Å²) < 4.78 is -0.250. The summed E-state index contributed by atoms with van der Waals surface area (Å²) in [5, 5.41) is 12.8. The lowest BCUT2D eigenvalue weighted by Gasteiger charge is -2.37. The van der Waals surface area contributed by atoms with Gasteiger partial charge in [0.2, 0.25) is 5.91 Å². The Hall–Kier alpha value is -0.220. The van der Waals surface area contributed by atoms with Gasteiger partial charge >= 0.3 is 0 Å². The van der Waals surface area contributed by atoms with E-state index in [1.807, 2.05) is 6.92 Å². The number of nitrogens with one attached hydrogen (secondary N) is 1. The van der Waals surface area contributed by atoms with Gasteiger partial charge in [0.1, 0.15) is 0 Å². The minimum absolute atomic E-state index is 0.102. The summed E-state index contributed by atoms with van der Waals surface area (Å²) in [4.78, 5) is 11.9. The fraction of sp³-hybridized carbons (Fsp3) is 0.909. The van der Waals surface area contributed by atoms with Gasteiger partial charge in [-0.25, -0.2) is 0 Å². The molecule has 1 amide bonds. The highest BCUT2D eigenvalue weighted by Crippen LogP contribution is 2.38. The molecule has 1 saturated carbocycles. The molecule has 0 aromatic carbocycles. The number of amides is 1. The van der Waals surface area contributed by atoms with Gasteiger partial charge in [0, 0.05) is 6.54 Å². The van der Waals surface area contributed by atoms with Crippen LogP contribution in [0.2, 0.25) is 0 Å². The molecule has 2 aliphatic rings. The predicted octanol–water partition coefficient (Wildman–Crippen LogP) is 1.30. The molecule has 0 bridgehead atoms. The zero-order valence-corrected chi connectivity index (χ0v) is 10.0. The Morgan fingerprint density at radius 2 is 2.13 bits per heavy atom. The van der Waals surface area contributed by atoms with E-state index in [1.165, 1.54) is 0 Å². The maximum Gasteiger partial charge on any atom is 0.236 e. The number of hydrogen-bond acceptors (Lipinski definition) is 3. The molecule has 3 nitrogen and oxygen atoms in total. The van der Waals surface area contributed by atoms with Gasteiger partial charge in [-0.3, -0.25) is 4.79 Å². The largest absolute Gasteiger partial charge is 0.388 e. The molecule has 0 aromatic rings. The second-order valence-corrected chi connectivity index (χ2v) is 6.54. The van der Waals surface area contributed by atoms with Crippen LogP contribution in [-0.4, -0.2) is 33.7 Å². The Labute approximate surface area is 95.0 Å². The zero-order valence-electron chi connectivity index (χ0n) is 9.21. The number of rotatable bonds is 3. The number of carbonyl (C=O) groups excluding carboxylic acids is 1. The van der Waals surface area contributed by atoms with E-state index in [-0.39, 0.29) is 10.7 Å². The smallest absolute Gasteiger partial charge is 0.236 e. The molecule has 0 aromatic heterocycles. The van der Waals surface area contributed by atoms with E-state index in [0.717, 1.165) is 37.9 Å². The van der Waals surface area contributed by atoms with Gasteiger partial charge in [-0.15, -0.1) is 11.8 Å². The van der Waals surface area contributed by atoms with Crippen molar-refractivity contribution in [1.82, 2.24) is 5.32 Å². The SMILES string of the molecule is CC1(C(=O)NCC2(O)CCC2)CCCS1. The average molecular weight is 229 g/mol. The molecule has 2 N–H and O–H groups in total. The first-order valence-corrected chi connectivity index (χ1v) is 6.67. The molecule has 1 unspecified atom stereocenters. The van der Waals surface area contributed by atoms with Crippen molar-refractivity contribution in [2.75, 3.05) is 12.3 Å². The van der Waals surface area contributed by atoms with Crippen LogP contribution in [0.4, 0.5) is 0 Å². The maximum absolute atomic E-state index is 11.9. The van der Waals surface area contributed by atoms with Crippen LogP contribution >= 0.6 is 11.8 Å². The summed E-state index contributed by atoms with van der Waals surface area (Å²) in [6, 6.07) is 0. The first kappa shape index (κ1) is 11.3. The highest BCUT2D eigenvalue weighted by molar-refractivity contribution is 8.01. The van der Waals surface area contributed by atoms with Crippen molar-refractivity contribution in [2.24, 2.45) is 0 Å². The minimum Gasteiger partial charge on any atom is -0.388 e. The van der Waals surface area contributed by atoms with E-state index in [4.69, 9.17) is 0 Å². The predicted molar refractivity (Wildman–Crippen MR) is 61.9 cm³/mol. The lowest BCUT2D eigenvalue weighted by atomic mass is 9.80. The van der Waals surface area contributed by atoms with E-state index in [0.29, 0.717) is 6.54 Å². The third kappa shape index (κ3) is 2.31. The molecular weight excluding hydrogens is 210 g/mol. The van der Waals surface area contributed by atoms with Crippen molar-refractivity contribution in [3.05, 3.63) is 0 Å². The molecule has 15 heavy (non-hydrogen) atoms. The van der Waals surface area contributed by atoms with Crippen LogP contribution in [0.15, 0.2) is 0 Å². The molecule has 1 aliphatic carbocycles.